The van der Waals surface area contributed by atoms with Gasteiger partial charge in [0.1, 0.15) is 5.69 Å². The van der Waals surface area contributed by atoms with E-state index in [1.54, 1.807) is 6.20 Å². The maximum Gasteiger partial charge on any atom is 0.267 e. The molecule has 0 saturated carbocycles. The molecule has 0 unspecified atom stereocenters. The Morgan fingerprint density at radius 1 is 1.27 bits per heavy atom. The molecule has 1 aromatic heterocycles. The molecular formula is C10H6Br2N2O. The number of amides is 1. The average Bonchev–Trinajstić information content (AvgIpc) is 2.19. The van der Waals surface area contributed by atoms with Gasteiger partial charge in [0.15, 0.2) is 0 Å². The van der Waals surface area contributed by atoms with Crippen LogP contribution in [0.15, 0.2) is 33.3 Å². The van der Waals surface area contributed by atoms with Gasteiger partial charge in [-0.05, 0) is 28.1 Å². The summed E-state index contributed by atoms with van der Waals surface area (Å²) >= 11 is 6.75. The third-order valence-corrected chi connectivity index (χ3v) is 3.16. The molecule has 0 saturated heterocycles. The van der Waals surface area contributed by atoms with Gasteiger partial charge < -0.3 is 5.73 Å². The quantitative estimate of drug-likeness (QED) is 0.874. The molecule has 0 bridgehead atoms. The Morgan fingerprint density at radius 2 is 2.00 bits per heavy atom. The number of halogens is 2. The number of nitrogens with zero attached hydrogens (tertiary/aromatic N) is 1. The number of nitrogens with two attached hydrogens (primary N) is 1. The van der Waals surface area contributed by atoms with Crippen molar-refractivity contribution in [2.75, 3.05) is 0 Å². The van der Waals surface area contributed by atoms with E-state index in [0.29, 0.717) is 5.69 Å². The number of primary amides is 1. The number of rotatable bonds is 1. The van der Waals surface area contributed by atoms with Crippen molar-refractivity contribution >= 4 is 48.5 Å². The molecule has 0 spiro atoms. The lowest BCUT2D eigenvalue weighted by molar-refractivity contribution is 0.0997. The summed E-state index contributed by atoms with van der Waals surface area (Å²) in [5.74, 6) is -0.519. The molecule has 0 radical (unpaired) electrons. The van der Waals surface area contributed by atoms with E-state index >= 15 is 0 Å². The Labute approximate surface area is 103 Å². The maximum atomic E-state index is 11.1. The molecule has 0 atom stereocenters. The first-order valence-electron chi connectivity index (χ1n) is 4.13. The topological polar surface area (TPSA) is 56.0 Å². The summed E-state index contributed by atoms with van der Waals surface area (Å²) in [6.07, 6.45) is 1.58. The highest BCUT2D eigenvalue weighted by molar-refractivity contribution is 9.11. The summed E-state index contributed by atoms with van der Waals surface area (Å²) in [6.45, 7) is 0. The van der Waals surface area contributed by atoms with E-state index in [2.05, 4.69) is 36.8 Å². The molecule has 0 aliphatic rings. The summed E-state index contributed by atoms with van der Waals surface area (Å²) < 4.78 is 1.78. The lowest BCUT2D eigenvalue weighted by Gasteiger charge is -2.04. The first-order valence-corrected chi connectivity index (χ1v) is 5.72. The predicted molar refractivity (Wildman–Crippen MR) is 65.7 cm³/mol. The second kappa shape index (κ2) is 3.90. The Morgan fingerprint density at radius 3 is 2.67 bits per heavy atom. The molecule has 5 heteroatoms. The van der Waals surface area contributed by atoms with Crippen LogP contribution in [-0.2, 0) is 0 Å². The van der Waals surface area contributed by atoms with Crippen LogP contribution in [0.5, 0.6) is 0 Å². The molecular weight excluding hydrogens is 324 g/mol. The first-order chi connectivity index (χ1) is 7.09. The third-order valence-electron chi connectivity index (χ3n) is 2.03. The zero-order valence-corrected chi connectivity index (χ0v) is 10.7. The fourth-order valence-electron chi connectivity index (χ4n) is 1.38. The molecule has 3 nitrogen and oxygen atoms in total. The molecule has 2 aromatic rings. The predicted octanol–water partition coefficient (Wildman–Crippen LogP) is 2.86. The highest BCUT2D eigenvalue weighted by Crippen LogP contribution is 2.27. The van der Waals surface area contributed by atoms with Gasteiger partial charge in [0.25, 0.3) is 5.91 Å². The SMILES string of the molecule is NC(=O)c1ncc(Br)c2cc(Br)ccc12. The van der Waals surface area contributed by atoms with Gasteiger partial charge in [-0.25, -0.2) is 4.98 Å². The van der Waals surface area contributed by atoms with E-state index in [1.807, 2.05) is 18.2 Å². The second-order valence-corrected chi connectivity index (χ2v) is 4.78. The van der Waals surface area contributed by atoms with Gasteiger partial charge in [-0.15, -0.1) is 0 Å². The van der Waals surface area contributed by atoms with Crippen LogP contribution in [0, 0.1) is 0 Å². The Bertz CT molecular complexity index is 554. The van der Waals surface area contributed by atoms with Gasteiger partial charge in [-0.1, -0.05) is 22.0 Å². The van der Waals surface area contributed by atoms with Gasteiger partial charge in [0.05, 0.1) is 0 Å². The number of pyridine rings is 1. The molecule has 15 heavy (non-hydrogen) atoms. The van der Waals surface area contributed by atoms with Crippen molar-refractivity contribution in [1.29, 1.82) is 0 Å². The van der Waals surface area contributed by atoms with Crippen LogP contribution in [0.3, 0.4) is 0 Å². The van der Waals surface area contributed by atoms with Crippen molar-refractivity contribution in [2.24, 2.45) is 5.73 Å². The largest absolute Gasteiger partial charge is 0.364 e. The van der Waals surface area contributed by atoms with E-state index in [9.17, 15) is 4.79 Å². The molecule has 76 valence electrons. The lowest BCUT2D eigenvalue weighted by Crippen LogP contribution is -2.13. The number of fused-ring (bicyclic) bond motifs is 1. The molecule has 1 amide bonds. The molecule has 1 heterocycles. The normalized spacial score (nSPS) is 10.5. The molecule has 2 N–H and O–H groups in total. The fourth-order valence-corrected chi connectivity index (χ4v) is 2.17. The van der Waals surface area contributed by atoms with E-state index < -0.39 is 5.91 Å². The highest BCUT2D eigenvalue weighted by atomic mass is 79.9. The van der Waals surface area contributed by atoms with Crippen molar-refractivity contribution in [2.45, 2.75) is 0 Å². The number of benzene rings is 1. The molecule has 0 aliphatic heterocycles. The number of hydrogen-bond acceptors (Lipinski definition) is 2. The number of hydrogen-bond donors (Lipinski definition) is 1. The molecule has 0 aliphatic carbocycles. The maximum absolute atomic E-state index is 11.1. The number of aromatic nitrogens is 1. The monoisotopic (exact) mass is 328 g/mol. The Balaban J connectivity index is 2.88. The Kier molecular flexibility index (Phi) is 2.75. The minimum absolute atomic E-state index is 0.292. The fraction of sp³-hybridized carbons (Fsp3) is 0. The van der Waals surface area contributed by atoms with Crippen LogP contribution < -0.4 is 5.73 Å². The van der Waals surface area contributed by atoms with Crippen LogP contribution in [-0.4, -0.2) is 10.9 Å². The lowest BCUT2D eigenvalue weighted by atomic mass is 10.1. The summed E-state index contributed by atoms with van der Waals surface area (Å²) in [5, 5.41) is 1.66. The molecule has 0 fully saturated rings. The van der Waals surface area contributed by atoms with Crippen LogP contribution in [0.25, 0.3) is 10.8 Å². The Hall–Kier alpha value is -0.940. The van der Waals surface area contributed by atoms with Gasteiger partial charge in [0, 0.05) is 25.9 Å². The van der Waals surface area contributed by atoms with Crippen molar-refractivity contribution in [1.82, 2.24) is 4.98 Å². The van der Waals surface area contributed by atoms with Crippen molar-refractivity contribution in [3.8, 4) is 0 Å². The third kappa shape index (κ3) is 1.89. The van der Waals surface area contributed by atoms with Gasteiger partial charge in [0.2, 0.25) is 0 Å². The van der Waals surface area contributed by atoms with E-state index in [0.717, 1.165) is 19.7 Å². The van der Waals surface area contributed by atoms with Crippen LogP contribution in [0.4, 0.5) is 0 Å². The number of carbonyl (C=O) groups excluding carboxylic acids is 1. The second-order valence-electron chi connectivity index (χ2n) is 3.01. The molecule has 2 rings (SSSR count). The van der Waals surface area contributed by atoms with Gasteiger partial charge in [-0.3, -0.25) is 4.79 Å². The minimum atomic E-state index is -0.519. The molecule has 1 aromatic carbocycles. The van der Waals surface area contributed by atoms with Gasteiger partial charge >= 0.3 is 0 Å². The van der Waals surface area contributed by atoms with Crippen LogP contribution in [0.1, 0.15) is 10.5 Å². The first kappa shape index (κ1) is 10.6. The van der Waals surface area contributed by atoms with Crippen LogP contribution >= 0.6 is 31.9 Å². The summed E-state index contributed by atoms with van der Waals surface area (Å²) in [7, 11) is 0. The zero-order chi connectivity index (χ0) is 11.0. The average molecular weight is 330 g/mol. The minimum Gasteiger partial charge on any atom is -0.364 e. The highest BCUT2D eigenvalue weighted by Gasteiger charge is 2.10. The van der Waals surface area contributed by atoms with E-state index in [-0.39, 0.29) is 0 Å². The van der Waals surface area contributed by atoms with Gasteiger partial charge in [-0.2, -0.15) is 0 Å². The summed E-state index contributed by atoms with van der Waals surface area (Å²) in [4.78, 5) is 15.1. The summed E-state index contributed by atoms with van der Waals surface area (Å²) in [6, 6.07) is 5.58. The van der Waals surface area contributed by atoms with Crippen LogP contribution in [0.2, 0.25) is 0 Å². The smallest absolute Gasteiger partial charge is 0.267 e. The zero-order valence-electron chi connectivity index (χ0n) is 7.50. The summed E-state index contributed by atoms with van der Waals surface area (Å²) in [5.41, 5.74) is 5.53. The standard InChI is InChI=1S/C10H6Br2N2O/c11-5-1-2-6-7(3-5)8(12)4-14-9(6)10(13)15/h1-4H,(H2,13,15). The number of carbonyl (C=O) groups is 1. The van der Waals surface area contributed by atoms with Crippen molar-refractivity contribution in [3.63, 3.8) is 0 Å². The van der Waals surface area contributed by atoms with E-state index in [1.165, 1.54) is 0 Å². The van der Waals surface area contributed by atoms with E-state index in [4.69, 9.17) is 5.73 Å². The van der Waals surface area contributed by atoms with Crippen molar-refractivity contribution in [3.05, 3.63) is 39.0 Å². The van der Waals surface area contributed by atoms with Crippen molar-refractivity contribution < 1.29 is 4.79 Å².